The predicted molar refractivity (Wildman–Crippen MR) is 114 cm³/mol. The van der Waals surface area contributed by atoms with Gasteiger partial charge in [-0.1, -0.05) is 30.3 Å². The Bertz CT molecular complexity index is 927. The molecule has 3 rings (SSSR count). The number of hydrogen-bond acceptors (Lipinski definition) is 4. The minimum absolute atomic E-state index is 0.00738. The summed E-state index contributed by atoms with van der Waals surface area (Å²) in [6.07, 6.45) is 1.91. The lowest BCUT2D eigenvalue weighted by atomic mass is 10.1. The Balaban J connectivity index is 1.99. The zero-order chi connectivity index (χ0) is 19.6. The zero-order valence-corrected chi connectivity index (χ0v) is 17.2. The molecular weight excluding hydrogens is 356 g/mol. The number of aryl methyl sites for hydroxylation is 3. The van der Waals surface area contributed by atoms with Crippen molar-refractivity contribution < 1.29 is 9.53 Å². The number of benzene rings is 2. The molecule has 1 amide bonds. The zero-order valence-electron chi connectivity index (χ0n) is 16.4. The second kappa shape index (κ2) is 8.01. The summed E-state index contributed by atoms with van der Waals surface area (Å²) in [7, 11) is 1.66. The molecule has 0 aliphatic carbocycles. The van der Waals surface area contributed by atoms with Gasteiger partial charge in [0.1, 0.15) is 5.75 Å². The Morgan fingerprint density at radius 2 is 1.81 bits per heavy atom. The highest BCUT2D eigenvalue weighted by Gasteiger charge is 2.32. The predicted octanol–water partition coefficient (Wildman–Crippen LogP) is 5.24. The quantitative estimate of drug-likeness (QED) is 0.681. The molecule has 27 heavy (non-hydrogen) atoms. The van der Waals surface area contributed by atoms with Crippen molar-refractivity contribution in [2.75, 3.05) is 13.7 Å². The second-order valence-electron chi connectivity index (χ2n) is 6.52. The summed E-state index contributed by atoms with van der Waals surface area (Å²) >= 11 is 1.42. The number of ether oxygens (including phenoxy) is 1. The van der Waals surface area contributed by atoms with Crippen molar-refractivity contribution in [2.24, 2.45) is 4.99 Å². The molecule has 0 N–H and O–H groups in total. The van der Waals surface area contributed by atoms with Crippen LogP contribution in [-0.4, -0.2) is 29.6 Å². The van der Waals surface area contributed by atoms with E-state index < -0.39 is 0 Å². The molecule has 0 radical (unpaired) electrons. The highest BCUT2D eigenvalue weighted by Crippen LogP contribution is 2.36. The molecule has 4 nitrogen and oxygen atoms in total. The number of aliphatic imine (C=N–C) groups is 1. The minimum atomic E-state index is -0.00738. The molecule has 0 unspecified atom stereocenters. The summed E-state index contributed by atoms with van der Waals surface area (Å²) in [5.41, 5.74) is 5.15. The fourth-order valence-electron chi connectivity index (χ4n) is 3.03. The van der Waals surface area contributed by atoms with Crippen LogP contribution in [0.25, 0.3) is 6.08 Å². The maximum absolute atomic E-state index is 12.9. The van der Waals surface area contributed by atoms with Gasteiger partial charge in [0.25, 0.3) is 5.91 Å². The fourth-order valence-corrected chi connectivity index (χ4v) is 4.07. The van der Waals surface area contributed by atoms with Crippen LogP contribution < -0.4 is 4.74 Å². The van der Waals surface area contributed by atoms with E-state index in [1.807, 2.05) is 70.2 Å². The Hall–Kier alpha value is -2.53. The maximum Gasteiger partial charge on any atom is 0.266 e. The lowest BCUT2D eigenvalue weighted by molar-refractivity contribution is -0.122. The van der Waals surface area contributed by atoms with Gasteiger partial charge in [-0.25, -0.2) is 4.99 Å². The number of likely N-dealkylation sites (N-methyl/N-ethyl adjacent to an activating group) is 1. The summed E-state index contributed by atoms with van der Waals surface area (Å²) in [4.78, 5) is 20.1. The standard InChI is InChI=1S/C22H24N2O2S/c1-6-24-21(25)19(13-17-11-10-14(2)18(12-17)26-5)27-22(24)23-20-15(3)8-7-9-16(20)4/h7-13H,6H2,1-5H3/b19-13+,23-22?. The number of para-hydroxylation sites is 1. The monoisotopic (exact) mass is 380 g/mol. The number of methoxy groups -OCH3 is 1. The van der Waals surface area contributed by atoms with Gasteiger partial charge in [-0.2, -0.15) is 0 Å². The Morgan fingerprint density at radius 3 is 2.44 bits per heavy atom. The smallest absolute Gasteiger partial charge is 0.266 e. The number of carbonyl (C=O) groups is 1. The molecule has 0 aromatic heterocycles. The van der Waals surface area contributed by atoms with Crippen LogP contribution in [0.2, 0.25) is 0 Å². The van der Waals surface area contributed by atoms with Crippen molar-refractivity contribution in [3.8, 4) is 5.75 Å². The van der Waals surface area contributed by atoms with Gasteiger partial charge >= 0.3 is 0 Å². The average molecular weight is 381 g/mol. The first-order chi connectivity index (χ1) is 12.9. The first kappa shape index (κ1) is 19.2. The molecule has 0 spiro atoms. The minimum Gasteiger partial charge on any atom is -0.496 e. The van der Waals surface area contributed by atoms with Crippen LogP contribution >= 0.6 is 11.8 Å². The van der Waals surface area contributed by atoms with Gasteiger partial charge in [-0.3, -0.25) is 9.69 Å². The van der Waals surface area contributed by atoms with E-state index >= 15 is 0 Å². The van der Waals surface area contributed by atoms with Crippen LogP contribution in [0.3, 0.4) is 0 Å². The number of rotatable bonds is 4. The second-order valence-corrected chi connectivity index (χ2v) is 7.53. The molecule has 1 fully saturated rings. The lowest BCUT2D eigenvalue weighted by Gasteiger charge is -2.13. The van der Waals surface area contributed by atoms with E-state index in [4.69, 9.17) is 9.73 Å². The van der Waals surface area contributed by atoms with Crippen molar-refractivity contribution in [1.82, 2.24) is 4.90 Å². The van der Waals surface area contributed by atoms with E-state index in [0.29, 0.717) is 11.4 Å². The molecule has 140 valence electrons. The highest BCUT2D eigenvalue weighted by atomic mass is 32.2. The van der Waals surface area contributed by atoms with Crippen LogP contribution in [0.15, 0.2) is 46.3 Å². The van der Waals surface area contributed by atoms with Crippen LogP contribution in [0.5, 0.6) is 5.75 Å². The van der Waals surface area contributed by atoms with E-state index in [1.54, 1.807) is 12.0 Å². The van der Waals surface area contributed by atoms with Gasteiger partial charge in [0.15, 0.2) is 5.17 Å². The van der Waals surface area contributed by atoms with Gasteiger partial charge in [0, 0.05) is 6.54 Å². The largest absolute Gasteiger partial charge is 0.496 e. The van der Waals surface area contributed by atoms with Crippen LogP contribution in [0, 0.1) is 20.8 Å². The third-order valence-corrected chi connectivity index (χ3v) is 5.59. The molecule has 5 heteroatoms. The van der Waals surface area contributed by atoms with E-state index in [0.717, 1.165) is 38.9 Å². The molecule has 1 aliphatic heterocycles. The van der Waals surface area contributed by atoms with Crippen molar-refractivity contribution >= 4 is 34.6 Å². The summed E-state index contributed by atoms with van der Waals surface area (Å²) in [5.74, 6) is 0.809. The molecule has 0 atom stereocenters. The molecule has 0 saturated carbocycles. The van der Waals surface area contributed by atoms with Crippen molar-refractivity contribution in [3.05, 3.63) is 63.6 Å². The summed E-state index contributed by atoms with van der Waals surface area (Å²) in [5, 5.41) is 0.727. The lowest BCUT2D eigenvalue weighted by Crippen LogP contribution is -2.28. The van der Waals surface area contributed by atoms with E-state index in [2.05, 4.69) is 0 Å². The molecule has 0 bridgehead atoms. The number of carbonyl (C=O) groups excluding carboxylic acids is 1. The average Bonchev–Trinajstić information content (AvgIpc) is 2.94. The maximum atomic E-state index is 12.9. The van der Waals surface area contributed by atoms with Crippen molar-refractivity contribution in [2.45, 2.75) is 27.7 Å². The van der Waals surface area contributed by atoms with E-state index in [-0.39, 0.29) is 5.91 Å². The van der Waals surface area contributed by atoms with E-state index in [9.17, 15) is 4.79 Å². The van der Waals surface area contributed by atoms with Gasteiger partial charge in [-0.15, -0.1) is 0 Å². The van der Waals surface area contributed by atoms with Crippen LogP contribution in [-0.2, 0) is 4.79 Å². The normalized spacial score (nSPS) is 17.2. The number of amides is 1. The first-order valence-corrected chi connectivity index (χ1v) is 9.77. The van der Waals surface area contributed by atoms with Crippen molar-refractivity contribution in [1.29, 1.82) is 0 Å². The van der Waals surface area contributed by atoms with E-state index in [1.165, 1.54) is 11.8 Å². The van der Waals surface area contributed by atoms with Crippen molar-refractivity contribution in [3.63, 3.8) is 0 Å². The molecule has 1 aliphatic rings. The Kier molecular flexibility index (Phi) is 5.71. The molecule has 1 saturated heterocycles. The number of nitrogens with zero attached hydrogens (tertiary/aromatic N) is 2. The van der Waals surface area contributed by atoms with Crippen LogP contribution in [0.1, 0.15) is 29.2 Å². The van der Waals surface area contributed by atoms with Gasteiger partial charge in [0.05, 0.1) is 17.7 Å². The Labute approximate surface area is 164 Å². The van der Waals surface area contributed by atoms with Gasteiger partial charge < -0.3 is 4.74 Å². The van der Waals surface area contributed by atoms with Crippen LogP contribution in [0.4, 0.5) is 5.69 Å². The SMILES string of the molecule is CCN1C(=O)/C(=C\c2ccc(C)c(OC)c2)SC1=Nc1c(C)cccc1C. The fraction of sp³-hybridized carbons (Fsp3) is 0.273. The highest BCUT2D eigenvalue weighted by molar-refractivity contribution is 8.18. The molecule has 1 heterocycles. The summed E-state index contributed by atoms with van der Waals surface area (Å²) in [6.45, 7) is 8.64. The third-order valence-electron chi connectivity index (χ3n) is 4.58. The number of thioether (sulfide) groups is 1. The van der Waals surface area contributed by atoms with Gasteiger partial charge in [-0.05, 0) is 73.9 Å². The number of hydrogen-bond donors (Lipinski definition) is 0. The third kappa shape index (κ3) is 3.93. The summed E-state index contributed by atoms with van der Waals surface area (Å²) in [6, 6.07) is 12.1. The molecular formula is C22H24N2O2S. The molecule has 2 aromatic carbocycles. The number of amidine groups is 1. The summed E-state index contributed by atoms with van der Waals surface area (Å²) < 4.78 is 5.39. The first-order valence-electron chi connectivity index (χ1n) is 8.95. The molecule has 2 aromatic rings. The topological polar surface area (TPSA) is 41.9 Å². The Morgan fingerprint density at radius 1 is 1.11 bits per heavy atom. The van der Waals surface area contributed by atoms with Gasteiger partial charge in [0.2, 0.25) is 0 Å².